The molecule has 1 aliphatic heterocycles. The predicted octanol–water partition coefficient (Wildman–Crippen LogP) is 3.46. The number of aromatic nitrogens is 1. The fraction of sp³-hybridized carbons (Fsp3) is 0.667. The molecule has 0 amide bonds. The molecule has 1 fully saturated rings. The van der Waals surface area contributed by atoms with Crippen LogP contribution in [0.3, 0.4) is 0 Å². The number of piperidine rings is 1. The molecule has 2 N–H and O–H groups in total. The van der Waals surface area contributed by atoms with E-state index in [4.69, 9.17) is 17.3 Å². The third-order valence-electron chi connectivity index (χ3n) is 4.19. The van der Waals surface area contributed by atoms with Crippen LogP contribution in [-0.2, 0) is 6.54 Å². The van der Waals surface area contributed by atoms with Gasteiger partial charge in [0, 0.05) is 25.8 Å². The Labute approximate surface area is 121 Å². The van der Waals surface area contributed by atoms with Gasteiger partial charge in [0.15, 0.2) is 0 Å². The smallest absolute Gasteiger partial charge is 0.147 e. The second-order valence-electron chi connectivity index (χ2n) is 6.44. The highest BCUT2D eigenvalue weighted by Crippen LogP contribution is 2.36. The van der Waals surface area contributed by atoms with E-state index < -0.39 is 0 Å². The van der Waals surface area contributed by atoms with Crippen molar-refractivity contribution in [3.8, 4) is 0 Å². The van der Waals surface area contributed by atoms with E-state index in [2.05, 4.69) is 30.7 Å². The van der Waals surface area contributed by atoms with E-state index in [0.717, 1.165) is 35.4 Å². The van der Waals surface area contributed by atoms with Gasteiger partial charge >= 0.3 is 0 Å². The maximum absolute atomic E-state index is 6.38. The van der Waals surface area contributed by atoms with Crippen LogP contribution in [0.25, 0.3) is 0 Å². The van der Waals surface area contributed by atoms with Crippen LogP contribution in [0.2, 0.25) is 5.02 Å². The van der Waals surface area contributed by atoms with Crippen LogP contribution in [0.15, 0.2) is 12.3 Å². The summed E-state index contributed by atoms with van der Waals surface area (Å²) in [4.78, 5) is 6.73. The van der Waals surface area contributed by atoms with E-state index in [9.17, 15) is 0 Å². The lowest BCUT2D eigenvalue weighted by molar-refractivity contribution is 0.198. The summed E-state index contributed by atoms with van der Waals surface area (Å²) in [6.07, 6.45) is 4.21. The first-order valence-corrected chi connectivity index (χ1v) is 7.39. The second kappa shape index (κ2) is 5.68. The van der Waals surface area contributed by atoms with Gasteiger partial charge in [-0.3, -0.25) is 0 Å². The van der Waals surface area contributed by atoms with Crippen molar-refractivity contribution in [3.05, 3.63) is 22.8 Å². The van der Waals surface area contributed by atoms with Gasteiger partial charge in [0.2, 0.25) is 0 Å². The summed E-state index contributed by atoms with van der Waals surface area (Å²) in [5.74, 6) is 1.68. The Morgan fingerprint density at radius 2 is 2.00 bits per heavy atom. The van der Waals surface area contributed by atoms with E-state index in [1.165, 1.54) is 12.8 Å². The van der Waals surface area contributed by atoms with Crippen LogP contribution in [0.1, 0.15) is 39.2 Å². The number of halogens is 1. The summed E-state index contributed by atoms with van der Waals surface area (Å²) in [6.45, 7) is 9.51. The lowest BCUT2D eigenvalue weighted by atomic mass is 9.75. The molecule has 1 aromatic heterocycles. The summed E-state index contributed by atoms with van der Waals surface area (Å²) < 4.78 is 0. The average molecular weight is 282 g/mol. The van der Waals surface area contributed by atoms with E-state index in [1.54, 1.807) is 6.20 Å². The molecule has 0 spiro atoms. The number of pyridine rings is 1. The molecule has 0 unspecified atom stereocenters. The SMILES string of the molecule is CC(C)(C)C1CCN(c2nccc(CN)c2Cl)CC1. The van der Waals surface area contributed by atoms with E-state index in [1.807, 2.05) is 6.07 Å². The molecule has 1 saturated heterocycles. The number of anilines is 1. The van der Waals surface area contributed by atoms with Gasteiger partial charge in [-0.2, -0.15) is 0 Å². The molecule has 0 aliphatic carbocycles. The van der Waals surface area contributed by atoms with Crippen molar-refractivity contribution in [1.82, 2.24) is 4.98 Å². The first kappa shape index (κ1) is 14.6. The van der Waals surface area contributed by atoms with Gasteiger partial charge in [-0.1, -0.05) is 32.4 Å². The molecule has 2 heterocycles. The largest absolute Gasteiger partial charge is 0.355 e. The summed E-state index contributed by atoms with van der Waals surface area (Å²) in [5.41, 5.74) is 7.07. The van der Waals surface area contributed by atoms with Crippen molar-refractivity contribution in [1.29, 1.82) is 0 Å². The standard InChI is InChI=1S/C15H24ClN3/c1-15(2,3)12-5-8-19(9-6-12)14-13(16)11(10-17)4-7-18-14/h4,7,12H,5-6,8-10,17H2,1-3H3. The molecule has 0 aromatic carbocycles. The van der Waals surface area contributed by atoms with Gasteiger partial charge in [-0.05, 0) is 35.8 Å². The van der Waals surface area contributed by atoms with Crippen LogP contribution in [0.5, 0.6) is 0 Å². The number of hydrogen-bond donors (Lipinski definition) is 1. The van der Waals surface area contributed by atoms with E-state index in [0.29, 0.717) is 12.0 Å². The highest BCUT2D eigenvalue weighted by Gasteiger charge is 2.29. The first-order valence-electron chi connectivity index (χ1n) is 7.02. The topological polar surface area (TPSA) is 42.2 Å². The quantitative estimate of drug-likeness (QED) is 0.903. The Bertz CT molecular complexity index is 432. The highest BCUT2D eigenvalue weighted by atomic mass is 35.5. The number of rotatable bonds is 2. The Balaban J connectivity index is 2.10. The molecule has 2 rings (SSSR count). The minimum Gasteiger partial charge on any atom is -0.355 e. The third-order valence-corrected chi connectivity index (χ3v) is 4.60. The molecule has 0 atom stereocenters. The minimum atomic E-state index is 0.391. The molecule has 1 aromatic rings. The van der Waals surface area contributed by atoms with Gasteiger partial charge in [0.05, 0.1) is 5.02 Å². The molecule has 4 heteroatoms. The summed E-state index contributed by atoms with van der Waals surface area (Å²) in [6, 6.07) is 1.90. The van der Waals surface area contributed by atoms with Gasteiger partial charge in [0.25, 0.3) is 0 Å². The third kappa shape index (κ3) is 3.21. The molecule has 0 radical (unpaired) electrons. The minimum absolute atomic E-state index is 0.391. The first-order chi connectivity index (χ1) is 8.93. The van der Waals surface area contributed by atoms with Gasteiger partial charge in [0.1, 0.15) is 5.82 Å². The fourth-order valence-corrected chi connectivity index (χ4v) is 3.12. The summed E-state index contributed by atoms with van der Waals surface area (Å²) in [5, 5.41) is 0.721. The average Bonchev–Trinajstić information content (AvgIpc) is 2.38. The van der Waals surface area contributed by atoms with Crippen LogP contribution in [0, 0.1) is 11.3 Å². The van der Waals surface area contributed by atoms with Crippen molar-refractivity contribution >= 4 is 17.4 Å². The van der Waals surface area contributed by atoms with Crippen molar-refractivity contribution < 1.29 is 0 Å². The zero-order valence-electron chi connectivity index (χ0n) is 12.1. The molecule has 0 bridgehead atoms. The lowest BCUT2D eigenvalue weighted by Crippen LogP contribution is -2.38. The number of nitrogens with two attached hydrogens (primary N) is 1. The van der Waals surface area contributed by atoms with Gasteiger partial charge in [-0.15, -0.1) is 0 Å². The molecule has 3 nitrogen and oxygen atoms in total. The van der Waals surface area contributed by atoms with Gasteiger partial charge < -0.3 is 10.6 Å². The Kier molecular flexibility index (Phi) is 4.36. The number of nitrogens with zero attached hydrogens (tertiary/aromatic N) is 2. The molecule has 0 saturated carbocycles. The molecular formula is C15H24ClN3. The Hall–Kier alpha value is -0.800. The zero-order chi connectivity index (χ0) is 14.0. The van der Waals surface area contributed by atoms with E-state index >= 15 is 0 Å². The Morgan fingerprint density at radius 3 is 2.53 bits per heavy atom. The number of hydrogen-bond acceptors (Lipinski definition) is 3. The summed E-state index contributed by atoms with van der Waals surface area (Å²) in [7, 11) is 0. The maximum atomic E-state index is 6.38. The molecular weight excluding hydrogens is 258 g/mol. The van der Waals surface area contributed by atoms with Crippen molar-refractivity contribution in [2.75, 3.05) is 18.0 Å². The van der Waals surface area contributed by atoms with Gasteiger partial charge in [-0.25, -0.2) is 4.98 Å². The molecule has 19 heavy (non-hydrogen) atoms. The van der Waals surface area contributed by atoms with Crippen LogP contribution < -0.4 is 10.6 Å². The van der Waals surface area contributed by atoms with Crippen LogP contribution in [-0.4, -0.2) is 18.1 Å². The monoisotopic (exact) mass is 281 g/mol. The summed E-state index contributed by atoms with van der Waals surface area (Å²) >= 11 is 6.38. The van der Waals surface area contributed by atoms with Crippen LogP contribution >= 0.6 is 11.6 Å². The van der Waals surface area contributed by atoms with E-state index in [-0.39, 0.29) is 0 Å². The normalized spacial score (nSPS) is 17.8. The molecule has 106 valence electrons. The van der Waals surface area contributed by atoms with Crippen molar-refractivity contribution in [2.24, 2.45) is 17.1 Å². The molecule has 1 aliphatic rings. The maximum Gasteiger partial charge on any atom is 0.147 e. The van der Waals surface area contributed by atoms with Crippen molar-refractivity contribution in [2.45, 2.75) is 40.2 Å². The van der Waals surface area contributed by atoms with Crippen molar-refractivity contribution in [3.63, 3.8) is 0 Å². The van der Waals surface area contributed by atoms with Crippen LogP contribution in [0.4, 0.5) is 5.82 Å². The second-order valence-corrected chi connectivity index (χ2v) is 6.82. The lowest BCUT2D eigenvalue weighted by Gasteiger charge is -2.39. The predicted molar refractivity (Wildman–Crippen MR) is 81.5 cm³/mol. The fourth-order valence-electron chi connectivity index (χ4n) is 2.81. The Morgan fingerprint density at radius 1 is 1.37 bits per heavy atom. The zero-order valence-corrected chi connectivity index (χ0v) is 12.9. The highest BCUT2D eigenvalue weighted by molar-refractivity contribution is 6.33.